The predicted molar refractivity (Wildman–Crippen MR) is 67.7 cm³/mol. The molecule has 0 aliphatic rings. The maximum absolute atomic E-state index is 10.8. The lowest BCUT2D eigenvalue weighted by atomic mass is 10.2. The van der Waals surface area contributed by atoms with Gasteiger partial charge in [0.25, 0.3) is 5.69 Å². The van der Waals surface area contributed by atoms with Crippen LogP contribution in [-0.4, -0.2) is 16.6 Å². The lowest BCUT2D eigenvalue weighted by molar-refractivity contribution is -0.383. The van der Waals surface area contributed by atoms with Crippen molar-refractivity contribution in [3.63, 3.8) is 0 Å². The Kier molecular flexibility index (Phi) is 4.19. The molecule has 5 nitrogen and oxygen atoms in total. The second-order valence-corrected chi connectivity index (χ2v) is 3.67. The topological polar surface area (TPSA) is 67.2 Å². The van der Waals surface area contributed by atoms with Gasteiger partial charge in [0.05, 0.1) is 4.92 Å². The third kappa shape index (κ3) is 3.16. The normalized spacial score (nSPS) is 9.62. The molecule has 2 N–H and O–H groups in total. The fraction of sp³-hybridized carbons (Fsp3) is 0.300. The standard InChI is InChI=1S/C10H13N3O2S/c1-3-11-10(16)12-8-5-4-7(2)6-9(8)13(14)15/h4-6H,3H2,1-2H3,(H2,11,12,16). The lowest BCUT2D eigenvalue weighted by Crippen LogP contribution is -2.28. The zero-order valence-electron chi connectivity index (χ0n) is 9.11. The summed E-state index contributed by atoms with van der Waals surface area (Å²) in [6.45, 7) is 4.38. The van der Waals surface area contributed by atoms with E-state index >= 15 is 0 Å². The molecule has 86 valence electrons. The molecular weight excluding hydrogens is 226 g/mol. The molecule has 16 heavy (non-hydrogen) atoms. The first-order chi connectivity index (χ1) is 7.54. The molecule has 0 amide bonds. The summed E-state index contributed by atoms with van der Waals surface area (Å²) in [5.74, 6) is 0. The van der Waals surface area contributed by atoms with Crippen molar-refractivity contribution in [2.24, 2.45) is 0 Å². The van der Waals surface area contributed by atoms with E-state index in [1.807, 2.05) is 6.92 Å². The summed E-state index contributed by atoms with van der Waals surface area (Å²) < 4.78 is 0. The van der Waals surface area contributed by atoms with Crippen molar-refractivity contribution in [1.82, 2.24) is 5.32 Å². The minimum absolute atomic E-state index is 0.0280. The van der Waals surface area contributed by atoms with Crippen LogP contribution in [0, 0.1) is 17.0 Å². The molecule has 0 aliphatic carbocycles. The van der Waals surface area contributed by atoms with Crippen molar-refractivity contribution in [3.8, 4) is 0 Å². The van der Waals surface area contributed by atoms with E-state index in [1.54, 1.807) is 19.1 Å². The van der Waals surface area contributed by atoms with E-state index in [0.717, 1.165) is 5.56 Å². The fourth-order valence-corrected chi connectivity index (χ4v) is 1.48. The highest BCUT2D eigenvalue weighted by Crippen LogP contribution is 2.24. The van der Waals surface area contributed by atoms with E-state index in [1.165, 1.54) is 6.07 Å². The third-order valence-corrected chi connectivity index (χ3v) is 2.18. The number of nitrogens with zero attached hydrogens (tertiary/aromatic N) is 1. The van der Waals surface area contributed by atoms with Gasteiger partial charge in [-0.3, -0.25) is 10.1 Å². The Balaban J connectivity index is 2.95. The molecule has 0 saturated carbocycles. The third-order valence-electron chi connectivity index (χ3n) is 1.94. The van der Waals surface area contributed by atoms with Gasteiger partial charge in [-0.05, 0) is 37.7 Å². The van der Waals surface area contributed by atoms with Gasteiger partial charge in [-0.1, -0.05) is 6.07 Å². The Bertz CT molecular complexity index is 421. The number of hydrogen-bond acceptors (Lipinski definition) is 3. The van der Waals surface area contributed by atoms with Gasteiger partial charge in [0, 0.05) is 12.6 Å². The Morgan fingerprint density at radius 2 is 2.25 bits per heavy atom. The fourth-order valence-electron chi connectivity index (χ4n) is 1.23. The molecule has 0 saturated heterocycles. The first kappa shape index (κ1) is 12.4. The van der Waals surface area contributed by atoms with Crippen LogP contribution in [0.2, 0.25) is 0 Å². The Labute approximate surface area is 99.0 Å². The number of benzene rings is 1. The van der Waals surface area contributed by atoms with Crippen LogP contribution in [0.5, 0.6) is 0 Å². The summed E-state index contributed by atoms with van der Waals surface area (Å²) in [7, 11) is 0. The highest BCUT2D eigenvalue weighted by Gasteiger charge is 2.14. The molecule has 1 aromatic rings. The number of nitro groups is 1. The van der Waals surface area contributed by atoms with Crippen molar-refractivity contribution in [1.29, 1.82) is 0 Å². The largest absolute Gasteiger partial charge is 0.363 e. The number of aryl methyl sites for hydroxylation is 1. The van der Waals surface area contributed by atoms with Crippen molar-refractivity contribution < 1.29 is 4.92 Å². The zero-order valence-corrected chi connectivity index (χ0v) is 9.93. The summed E-state index contributed by atoms with van der Waals surface area (Å²) in [6.07, 6.45) is 0. The van der Waals surface area contributed by atoms with Gasteiger partial charge in [-0.2, -0.15) is 0 Å². The molecule has 0 radical (unpaired) electrons. The van der Waals surface area contributed by atoms with Crippen LogP contribution in [0.15, 0.2) is 18.2 Å². The van der Waals surface area contributed by atoms with Crippen LogP contribution in [0.25, 0.3) is 0 Å². The SMILES string of the molecule is CCNC(=S)Nc1ccc(C)cc1[N+](=O)[O-]. The maximum atomic E-state index is 10.8. The average molecular weight is 239 g/mol. The lowest BCUT2D eigenvalue weighted by Gasteiger charge is -2.09. The second kappa shape index (κ2) is 5.41. The van der Waals surface area contributed by atoms with Gasteiger partial charge in [-0.25, -0.2) is 0 Å². The highest BCUT2D eigenvalue weighted by molar-refractivity contribution is 7.80. The van der Waals surface area contributed by atoms with Gasteiger partial charge in [0.1, 0.15) is 5.69 Å². The van der Waals surface area contributed by atoms with Crippen LogP contribution in [0.1, 0.15) is 12.5 Å². The number of rotatable bonds is 3. The van der Waals surface area contributed by atoms with E-state index in [0.29, 0.717) is 17.3 Å². The van der Waals surface area contributed by atoms with Gasteiger partial charge in [0.2, 0.25) is 0 Å². The van der Waals surface area contributed by atoms with E-state index < -0.39 is 4.92 Å². The zero-order chi connectivity index (χ0) is 12.1. The van der Waals surface area contributed by atoms with Gasteiger partial charge >= 0.3 is 0 Å². The molecule has 1 rings (SSSR count). The molecule has 0 aromatic heterocycles. The van der Waals surface area contributed by atoms with Gasteiger partial charge in [0.15, 0.2) is 5.11 Å². The van der Waals surface area contributed by atoms with E-state index in [-0.39, 0.29) is 5.69 Å². The van der Waals surface area contributed by atoms with Crippen LogP contribution in [0.3, 0.4) is 0 Å². The van der Waals surface area contributed by atoms with E-state index in [9.17, 15) is 10.1 Å². The van der Waals surface area contributed by atoms with Crippen molar-refractivity contribution in [2.75, 3.05) is 11.9 Å². The molecule has 0 fully saturated rings. The van der Waals surface area contributed by atoms with Crippen molar-refractivity contribution in [3.05, 3.63) is 33.9 Å². The van der Waals surface area contributed by atoms with Gasteiger partial charge < -0.3 is 10.6 Å². The van der Waals surface area contributed by atoms with Crippen molar-refractivity contribution >= 4 is 28.7 Å². The number of nitrogens with one attached hydrogen (secondary N) is 2. The van der Waals surface area contributed by atoms with E-state index in [4.69, 9.17) is 12.2 Å². The second-order valence-electron chi connectivity index (χ2n) is 3.26. The maximum Gasteiger partial charge on any atom is 0.292 e. The summed E-state index contributed by atoms with van der Waals surface area (Å²) >= 11 is 4.97. The number of nitro benzene ring substituents is 1. The number of hydrogen-bond donors (Lipinski definition) is 2. The van der Waals surface area contributed by atoms with Gasteiger partial charge in [-0.15, -0.1) is 0 Å². The van der Waals surface area contributed by atoms with E-state index in [2.05, 4.69) is 10.6 Å². The summed E-state index contributed by atoms with van der Waals surface area (Å²) in [4.78, 5) is 10.4. The summed E-state index contributed by atoms with van der Waals surface area (Å²) in [5.41, 5.74) is 1.27. The van der Waals surface area contributed by atoms with Crippen LogP contribution in [-0.2, 0) is 0 Å². The van der Waals surface area contributed by atoms with Crippen molar-refractivity contribution in [2.45, 2.75) is 13.8 Å². The minimum atomic E-state index is -0.427. The average Bonchev–Trinajstić information content (AvgIpc) is 2.20. The Morgan fingerprint density at radius 3 is 2.81 bits per heavy atom. The molecule has 6 heteroatoms. The predicted octanol–water partition coefficient (Wildman–Crippen LogP) is 2.21. The monoisotopic (exact) mass is 239 g/mol. The van der Waals surface area contributed by atoms with Crippen LogP contribution < -0.4 is 10.6 Å². The van der Waals surface area contributed by atoms with Crippen LogP contribution in [0.4, 0.5) is 11.4 Å². The molecular formula is C10H13N3O2S. The summed E-state index contributed by atoms with van der Waals surface area (Å²) in [5, 5.41) is 16.9. The number of thiocarbonyl (C=S) groups is 1. The smallest absolute Gasteiger partial charge is 0.292 e. The highest BCUT2D eigenvalue weighted by atomic mass is 32.1. The molecule has 0 spiro atoms. The molecule has 1 aromatic carbocycles. The first-order valence-corrected chi connectivity index (χ1v) is 5.25. The number of anilines is 1. The molecule has 0 heterocycles. The van der Waals surface area contributed by atoms with Crippen LogP contribution >= 0.6 is 12.2 Å². The first-order valence-electron chi connectivity index (χ1n) is 4.84. The quantitative estimate of drug-likeness (QED) is 0.481. The molecule has 0 atom stereocenters. The molecule has 0 unspecified atom stereocenters. The Hall–Kier alpha value is -1.69. The molecule has 0 aliphatic heterocycles. The Morgan fingerprint density at radius 1 is 1.56 bits per heavy atom. The minimum Gasteiger partial charge on any atom is -0.363 e. The molecule has 0 bridgehead atoms. The summed E-state index contributed by atoms with van der Waals surface area (Å²) in [6, 6.07) is 4.96.